The summed E-state index contributed by atoms with van der Waals surface area (Å²) in [5.74, 6) is 2.72. The predicted octanol–water partition coefficient (Wildman–Crippen LogP) is 4.96. The molecule has 0 saturated heterocycles. The van der Waals surface area contributed by atoms with Crippen LogP contribution in [0.4, 0.5) is 17.5 Å². The van der Waals surface area contributed by atoms with Gasteiger partial charge in [0, 0.05) is 18.4 Å². The lowest BCUT2D eigenvalue weighted by Gasteiger charge is -2.10. The molecule has 3 rings (SSSR count). The van der Waals surface area contributed by atoms with Gasteiger partial charge in [0.25, 0.3) is 0 Å². The van der Waals surface area contributed by atoms with Crippen molar-refractivity contribution in [2.24, 2.45) is 0 Å². The maximum absolute atomic E-state index is 5.18. The number of hydrogen-bond acceptors (Lipinski definition) is 5. The molecule has 0 unspecified atom stereocenters. The number of anilines is 3. The van der Waals surface area contributed by atoms with Gasteiger partial charge < -0.3 is 15.4 Å². The van der Waals surface area contributed by atoms with Gasteiger partial charge in [-0.3, -0.25) is 0 Å². The molecule has 0 aliphatic rings. The van der Waals surface area contributed by atoms with Crippen LogP contribution in [0, 0.1) is 0 Å². The minimum atomic E-state index is 0.519. The maximum atomic E-state index is 5.18. The Labute approximate surface area is 154 Å². The molecule has 0 radical (unpaired) electrons. The van der Waals surface area contributed by atoms with Gasteiger partial charge in [-0.25, -0.2) is 4.98 Å². The van der Waals surface area contributed by atoms with Crippen LogP contribution in [-0.2, 0) is 6.54 Å². The fraction of sp³-hybridized carbons (Fsp3) is 0.238. The van der Waals surface area contributed by atoms with Crippen molar-refractivity contribution in [3.63, 3.8) is 0 Å². The highest BCUT2D eigenvalue weighted by molar-refractivity contribution is 5.55. The zero-order valence-corrected chi connectivity index (χ0v) is 15.4. The molecule has 0 fully saturated rings. The SMILES string of the molecule is COc1ccc(CNc2ccnc(Nc3ccc(C(C)C)cc3)n2)cc1. The summed E-state index contributed by atoms with van der Waals surface area (Å²) in [5, 5.41) is 6.56. The molecule has 0 bridgehead atoms. The molecule has 5 heteroatoms. The number of benzene rings is 2. The van der Waals surface area contributed by atoms with Crippen molar-refractivity contribution in [1.82, 2.24) is 9.97 Å². The highest BCUT2D eigenvalue weighted by Gasteiger charge is 2.03. The largest absolute Gasteiger partial charge is 0.497 e. The molecule has 26 heavy (non-hydrogen) atoms. The van der Waals surface area contributed by atoms with Crippen molar-refractivity contribution in [3.05, 3.63) is 71.9 Å². The van der Waals surface area contributed by atoms with E-state index in [9.17, 15) is 0 Å². The number of hydrogen-bond donors (Lipinski definition) is 2. The molecular weight excluding hydrogens is 324 g/mol. The lowest BCUT2D eigenvalue weighted by molar-refractivity contribution is 0.414. The average molecular weight is 348 g/mol. The van der Waals surface area contributed by atoms with Crippen molar-refractivity contribution < 1.29 is 4.74 Å². The molecule has 0 spiro atoms. The molecule has 0 atom stereocenters. The molecule has 0 amide bonds. The van der Waals surface area contributed by atoms with Gasteiger partial charge in [0.2, 0.25) is 5.95 Å². The molecule has 1 aromatic heterocycles. The Kier molecular flexibility index (Phi) is 5.69. The second-order valence-corrected chi connectivity index (χ2v) is 6.37. The van der Waals surface area contributed by atoms with Crippen molar-refractivity contribution in [1.29, 1.82) is 0 Å². The van der Waals surface area contributed by atoms with Crippen LogP contribution in [-0.4, -0.2) is 17.1 Å². The summed E-state index contributed by atoms with van der Waals surface area (Å²) in [5.41, 5.74) is 3.44. The van der Waals surface area contributed by atoms with Crippen LogP contribution >= 0.6 is 0 Å². The van der Waals surface area contributed by atoms with Crippen LogP contribution in [0.25, 0.3) is 0 Å². The molecule has 0 aliphatic heterocycles. The standard InChI is InChI=1S/C21H24N4O/c1-15(2)17-6-8-18(9-7-17)24-21-22-13-12-20(25-21)23-14-16-4-10-19(26-3)11-5-16/h4-13,15H,14H2,1-3H3,(H2,22,23,24,25). The third-order valence-electron chi connectivity index (χ3n) is 4.12. The van der Waals surface area contributed by atoms with E-state index in [0.29, 0.717) is 18.4 Å². The van der Waals surface area contributed by atoms with Crippen LogP contribution in [0.1, 0.15) is 30.9 Å². The zero-order valence-electron chi connectivity index (χ0n) is 15.4. The fourth-order valence-corrected chi connectivity index (χ4v) is 2.53. The third-order valence-corrected chi connectivity index (χ3v) is 4.12. The van der Waals surface area contributed by atoms with Crippen LogP contribution in [0.2, 0.25) is 0 Å². The molecule has 1 heterocycles. The van der Waals surface area contributed by atoms with Gasteiger partial charge in [0.1, 0.15) is 11.6 Å². The van der Waals surface area contributed by atoms with E-state index in [1.54, 1.807) is 13.3 Å². The minimum absolute atomic E-state index is 0.519. The highest BCUT2D eigenvalue weighted by atomic mass is 16.5. The normalized spacial score (nSPS) is 10.6. The van der Waals surface area contributed by atoms with Gasteiger partial charge in [0.15, 0.2) is 0 Å². The molecule has 134 valence electrons. The van der Waals surface area contributed by atoms with Crippen LogP contribution in [0.3, 0.4) is 0 Å². The van der Waals surface area contributed by atoms with Gasteiger partial charge in [-0.1, -0.05) is 38.1 Å². The first-order chi connectivity index (χ1) is 12.6. The van der Waals surface area contributed by atoms with Gasteiger partial charge in [-0.05, 0) is 47.4 Å². The van der Waals surface area contributed by atoms with Crippen molar-refractivity contribution >= 4 is 17.5 Å². The van der Waals surface area contributed by atoms with E-state index >= 15 is 0 Å². The van der Waals surface area contributed by atoms with E-state index in [4.69, 9.17) is 4.74 Å². The van der Waals surface area contributed by atoms with Gasteiger partial charge >= 0.3 is 0 Å². The number of rotatable bonds is 7. The Morgan fingerprint density at radius 1 is 0.962 bits per heavy atom. The van der Waals surface area contributed by atoms with E-state index in [1.807, 2.05) is 30.3 Å². The number of methoxy groups -OCH3 is 1. The third kappa shape index (κ3) is 4.72. The van der Waals surface area contributed by atoms with Crippen molar-refractivity contribution in [2.75, 3.05) is 17.7 Å². The Morgan fingerprint density at radius 2 is 1.69 bits per heavy atom. The van der Waals surface area contributed by atoms with Gasteiger partial charge in [0.05, 0.1) is 7.11 Å². The van der Waals surface area contributed by atoms with E-state index in [-0.39, 0.29) is 0 Å². The summed E-state index contributed by atoms with van der Waals surface area (Å²) < 4.78 is 5.18. The molecule has 0 aliphatic carbocycles. The van der Waals surface area contributed by atoms with Gasteiger partial charge in [-0.2, -0.15) is 4.98 Å². The average Bonchev–Trinajstić information content (AvgIpc) is 2.67. The second kappa shape index (κ2) is 8.34. The Hall–Kier alpha value is -3.08. The summed E-state index contributed by atoms with van der Waals surface area (Å²) in [6, 6.07) is 18.2. The van der Waals surface area contributed by atoms with E-state index < -0.39 is 0 Å². The van der Waals surface area contributed by atoms with Crippen molar-refractivity contribution in [3.8, 4) is 5.75 Å². The molecular formula is C21H24N4O. The molecule has 3 aromatic rings. The summed E-state index contributed by atoms with van der Waals surface area (Å²) in [6.45, 7) is 5.05. The smallest absolute Gasteiger partial charge is 0.229 e. The zero-order chi connectivity index (χ0) is 18.4. The number of nitrogens with zero attached hydrogens (tertiary/aromatic N) is 2. The summed E-state index contributed by atoms with van der Waals surface area (Å²) >= 11 is 0. The van der Waals surface area contributed by atoms with Crippen LogP contribution < -0.4 is 15.4 Å². The molecule has 0 saturated carbocycles. The Morgan fingerprint density at radius 3 is 2.35 bits per heavy atom. The Balaban J connectivity index is 1.62. The predicted molar refractivity (Wildman–Crippen MR) is 106 cm³/mol. The monoisotopic (exact) mass is 348 g/mol. The minimum Gasteiger partial charge on any atom is -0.497 e. The van der Waals surface area contributed by atoms with E-state index in [2.05, 4.69) is 58.7 Å². The summed E-state index contributed by atoms with van der Waals surface area (Å²) in [7, 11) is 1.67. The molecule has 5 nitrogen and oxygen atoms in total. The summed E-state index contributed by atoms with van der Waals surface area (Å²) in [6.07, 6.45) is 1.74. The van der Waals surface area contributed by atoms with Crippen LogP contribution in [0.5, 0.6) is 5.75 Å². The molecule has 2 N–H and O–H groups in total. The first-order valence-corrected chi connectivity index (χ1v) is 8.71. The van der Waals surface area contributed by atoms with Crippen LogP contribution in [0.15, 0.2) is 60.8 Å². The topological polar surface area (TPSA) is 59.1 Å². The highest BCUT2D eigenvalue weighted by Crippen LogP contribution is 2.19. The quantitative estimate of drug-likeness (QED) is 0.632. The first kappa shape index (κ1) is 17.7. The summed E-state index contributed by atoms with van der Waals surface area (Å²) in [4.78, 5) is 8.81. The lowest BCUT2D eigenvalue weighted by Crippen LogP contribution is -2.04. The number of aromatic nitrogens is 2. The number of ether oxygens (including phenoxy) is 1. The maximum Gasteiger partial charge on any atom is 0.229 e. The Bertz CT molecular complexity index is 829. The fourth-order valence-electron chi connectivity index (χ4n) is 2.53. The van der Waals surface area contributed by atoms with Crippen molar-refractivity contribution in [2.45, 2.75) is 26.3 Å². The second-order valence-electron chi connectivity index (χ2n) is 6.37. The molecule has 2 aromatic carbocycles. The van der Waals surface area contributed by atoms with E-state index in [1.165, 1.54) is 5.56 Å². The van der Waals surface area contributed by atoms with Gasteiger partial charge in [-0.15, -0.1) is 0 Å². The number of nitrogens with one attached hydrogen (secondary N) is 2. The first-order valence-electron chi connectivity index (χ1n) is 8.71. The lowest BCUT2D eigenvalue weighted by atomic mass is 10.0. The van der Waals surface area contributed by atoms with E-state index in [0.717, 1.165) is 22.8 Å².